The fraction of sp³-hybridized carbons (Fsp3) is 0.719. The molecule has 45 heavy (non-hydrogen) atoms. The Bertz CT molecular complexity index is 852. The first-order valence-electron chi connectivity index (χ1n) is 15.1. The van der Waals surface area contributed by atoms with Gasteiger partial charge in [0.05, 0.1) is 18.6 Å². The number of nitrogens with one attached hydrogen (secondary N) is 2. The van der Waals surface area contributed by atoms with Crippen molar-refractivity contribution in [3.05, 3.63) is 37.3 Å². The molecule has 0 aliphatic heterocycles. The van der Waals surface area contributed by atoms with Crippen molar-refractivity contribution in [2.45, 2.75) is 116 Å². The van der Waals surface area contributed by atoms with E-state index in [4.69, 9.17) is 16.9 Å². The van der Waals surface area contributed by atoms with Crippen LogP contribution in [-0.2, 0) is 68.5 Å². The van der Waals surface area contributed by atoms with Gasteiger partial charge in [-0.25, -0.2) is 0 Å². The molecule has 0 amide bonds. The number of halogens is 3. The van der Waals surface area contributed by atoms with Gasteiger partial charge >= 0.3 is 49.4 Å². The van der Waals surface area contributed by atoms with Crippen LogP contribution in [0.1, 0.15) is 92.6 Å². The number of Topliss-reactive ketones (excluding diaryl/α,β-unsaturated/α-hetero) is 2. The molecular formula is C32H61I3N3O2S4V-. The molecule has 0 fully saturated rings. The summed E-state index contributed by atoms with van der Waals surface area (Å²) in [4.78, 5) is 28.7. The zero-order chi connectivity index (χ0) is 35.1. The van der Waals surface area contributed by atoms with Crippen LogP contribution in [0.3, 0.4) is 0 Å². The monoisotopic (exact) mass is 1080 g/mol. The summed E-state index contributed by atoms with van der Waals surface area (Å²) in [6.45, 7) is 15.2. The Hall–Kier alpha value is 2.22. The van der Waals surface area contributed by atoms with Crippen LogP contribution in [0.5, 0.6) is 0 Å². The number of carbonyl (C=O) groups excluding carboxylic acids is 2. The zero-order valence-electron chi connectivity index (χ0n) is 29.2. The van der Waals surface area contributed by atoms with Gasteiger partial charge in [0, 0.05) is 39.7 Å². The van der Waals surface area contributed by atoms with Crippen LogP contribution in [0.4, 0.5) is 0 Å². The number of carbonyl (C=O) groups is 2. The van der Waals surface area contributed by atoms with Crippen LogP contribution in [-0.4, -0.2) is 54.0 Å². The number of likely N-dealkylation sites (N-methyl/N-ethyl adjacent to an activating group) is 1. The van der Waals surface area contributed by atoms with Crippen molar-refractivity contribution in [1.82, 2.24) is 10.6 Å². The number of hydrogen-bond acceptors (Lipinski definition) is 8. The minimum absolute atomic E-state index is 0. The number of rotatable bonds is 18. The zero-order valence-corrected chi connectivity index (χ0v) is 40.3. The van der Waals surface area contributed by atoms with Gasteiger partial charge in [0.2, 0.25) is 0 Å². The average molecular weight is 1080 g/mol. The molecule has 1 unspecified atom stereocenters. The van der Waals surface area contributed by atoms with Gasteiger partial charge in [-0.15, -0.1) is 0 Å². The van der Waals surface area contributed by atoms with Crippen LogP contribution in [0, 0.1) is 19.3 Å². The second-order valence-corrected chi connectivity index (χ2v) is 25.1. The quantitative estimate of drug-likeness (QED) is 0.0767. The Morgan fingerprint density at radius 3 is 1.78 bits per heavy atom. The molecule has 0 saturated carbocycles. The number of benzene rings is 1. The van der Waals surface area contributed by atoms with Gasteiger partial charge < -0.3 is 23.8 Å². The molecular weight excluding hydrogens is 1020 g/mol. The second-order valence-electron chi connectivity index (χ2n) is 10.4. The normalized spacial score (nSPS) is 13.1. The molecule has 5 atom stereocenters. The van der Waals surface area contributed by atoms with Crippen LogP contribution in [0.15, 0.2) is 29.2 Å². The van der Waals surface area contributed by atoms with E-state index in [9.17, 15) is 9.59 Å². The standard InChI is InChI=1S/C23H38N2O2S2.C7H17N.CH3I.CH3.2HI.S2.V/c1-5-8-13-19(24-4)22(27)17-25-20(14-9-6-2)21(26)16-18-12-10-11-15-23(18)29(28)7-3;1-5(2)6(3)7(4)8;1-2;;;;1-2;/h10-12,15,19-20,24-25H,5-9,13-14,16-17H2,1-4H3;5-7H,8H2,1-4H3;1H3;1H3;2*1H;;/q;;;-1;;;;+2/p-2/t19-,20-,29?;6-,7-;;;;;;/m01....../s1. The third kappa shape index (κ3) is 30.7. The molecule has 0 aromatic heterocycles. The van der Waals surface area contributed by atoms with Crippen LogP contribution in [0.2, 0.25) is 0 Å². The van der Waals surface area contributed by atoms with Crippen LogP contribution < -0.4 is 16.4 Å². The van der Waals surface area contributed by atoms with Gasteiger partial charge in [-0.2, -0.15) is 0 Å². The minimum atomic E-state index is -0.288. The van der Waals surface area contributed by atoms with Gasteiger partial charge in [0.1, 0.15) is 0 Å². The summed E-state index contributed by atoms with van der Waals surface area (Å²) in [5, 5.41) is 6.38. The van der Waals surface area contributed by atoms with Crippen molar-refractivity contribution >= 4 is 117 Å². The van der Waals surface area contributed by atoms with Crippen molar-refractivity contribution in [3.8, 4) is 0 Å². The molecule has 0 heterocycles. The molecule has 4 N–H and O–H groups in total. The summed E-state index contributed by atoms with van der Waals surface area (Å²) in [5.74, 6) is 2.55. The van der Waals surface area contributed by atoms with Crippen molar-refractivity contribution in [1.29, 1.82) is 0 Å². The Morgan fingerprint density at radius 1 is 0.933 bits per heavy atom. The van der Waals surface area contributed by atoms with E-state index >= 15 is 0 Å². The molecule has 13 heteroatoms. The van der Waals surface area contributed by atoms with Gasteiger partial charge in [-0.3, -0.25) is 9.59 Å². The number of nitrogens with two attached hydrogens (primary N) is 1. The Labute approximate surface area is 338 Å². The average Bonchev–Trinajstić information content (AvgIpc) is 3.03. The molecule has 0 spiro atoms. The van der Waals surface area contributed by atoms with Crippen molar-refractivity contribution < 1.29 is 19.1 Å². The summed E-state index contributed by atoms with van der Waals surface area (Å²) < 4.78 is 0. The maximum atomic E-state index is 13.1. The first kappa shape index (κ1) is 56.6. The van der Waals surface area contributed by atoms with E-state index in [0.717, 1.165) is 60.7 Å². The van der Waals surface area contributed by atoms with Crippen LogP contribution >= 0.6 is 62.5 Å². The third-order valence-corrected chi connectivity index (χ3v) is 9.73. The van der Waals surface area contributed by atoms with Crippen LogP contribution in [0.25, 0.3) is 0 Å². The number of hydrogen-bond donors (Lipinski definition) is 3. The number of unbranched alkanes of at least 4 members (excludes halogenated alkanes) is 2. The summed E-state index contributed by atoms with van der Waals surface area (Å²) in [7, 11) is 2.19. The molecule has 0 aliphatic carbocycles. The summed E-state index contributed by atoms with van der Waals surface area (Å²) in [5.41, 5.74) is 6.67. The molecule has 0 saturated heterocycles. The number of alkyl halides is 1. The Kier molecular flexibility index (Phi) is 51.1. The molecule has 1 aromatic carbocycles. The Morgan fingerprint density at radius 2 is 1.40 bits per heavy atom. The van der Waals surface area contributed by atoms with E-state index in [1.165, 1.54) is 0 Å². The van der Waals surface area contributed by atoms with E-state index in [1.54, 1.807) is 0 Å². The number of ketones is 2. The van der Waals surface area contributed by atoms with E-state index in [1.807, 2.05) is 36.2 Å². The summed E-state index contributed by atoms with van der Waals surface area (Å²) >= 11 is 19.8. The SMILES string of the molecule is CC(C)[C@@H](C)[C@@H](C)N.CCCC[C@H](NC)C(=O)CN[C@@H](CCCC)C(=O)Cc1ccccc1S(=S)CC.CI.S=S.[CH3-].[I][V][I]. The van der Waals surface area contributed by atoms with E-state index in [-0.39, 0.29) is 47.1 Å². The first-order valence-corrected chi connectivity index (χ1v) is 29.9. The Balaban J connectivity index is -0.000000279. The summed E-state index contributed by atoms with van der Waals surface area (Å²) in [6, 6.07) is 7.93. The molecule has 267 valence electrons. The van der Waals surface area contributed by atoms with E-state index in [0.29, 0.717) is 27.8 Å². The molecule has 1 rings (SSSR count). The third-order valence-electron chi connectivity index (χ3n) is 7.07. The topological polar surface area (TPSA) is 84.2 Å². The van der Waals surface area contributed by atoms with Gasteiger partial charge in [0.25, 0.3) is 0 Å². The summed E-state index contributed by atoms with van der Waals surface area (Å²) in [6.07, 6.45) is 6.05. The fourth-order valence-electron chi connectivity index (χ4n) is 3.95. The van der Waals surface area contributed by atoms with Gasteiger partial charge in [0.15, 0.2) is 11.6 Å². The fourth-order valence-corrected chi connectivity index (χ4v) is 5.41. The van der Waals surface area contributed by atoms with Crippen molar-refractivity contribution in [3.63, 3.8) is 0 Å². The maximum absolute atomic E-state index is 13.1. The molecule has 1 aromatic rings. The van der Waals surface area contributed by atoms with Crippen molar-refractivity contribution in [2.24, 2.45) is 17.6 Å². The van der Waals surface area contributed by atoms with Crippen molar-refractivity contribution in [2.75, 3.05) is 24.3 Å². The first-order chi connectivity index (χ1) is 20.9. The molecule has 0 bridgehead atoms. The molecule has 5 nitrogen and oxygen atoms in total. The van der Waals surface area contributed by atoms with E-state index in [2.05, 4.69) is 144 Å². The van der Waals surface area contributed by atoms with Gasteiger partial charge in [-0.05, 0) is 72.2 Å². The molecule has 0 radical (unpaired) electrons. The predicted octanol–water partition coefficient (Wildman–Crippen LogP) is 8.64. The van der Waals surface area contributed by atoms with Gasteiger partial charge in [-0.1, -0.05) is 117 Å². The molecule has 0 aliphatic rings. The second kappa shape index (κ2) is 40.7. The predicted molar refractivity (Wildman–Crippen MR) is 234 cm³/mol. The van der Waals surface area contributed by atoms with E-state index < -0.39 is 0 Å².